The number of hydrogen-bond acceptors (Lipinski definition) is 5. The fraction of sp³-hybridized carbons (Fsp3) is 0.0769. The van der Waals surface area contributed by atoms with Crippen molar-refractivity contribution in [1.29, 1.82) is 0 Å². The number of thiazole rings is 1. The van der Waals surface area contributed by atoms with Gasteiger partial charge in [-0.25, -0.2) is 4.98 Å². The highest BCUT2D eigenvalue weighted by Gasteiger charge is 2.13. The Labute approximate surface area is 131 Å². The number of carbonyl (C=O) groups excluding carboxylic acids is 1. The van der Waals surface area contributed by atoms with Crippen LogP contribution in [0.1, 0.15) is 9.67 Å². The number of benzene rings is 1. The number of aromatic nitrogens is 1. The van der Waals surface area contributed by atoms with Crippen LogP contribution in [0.3, 0.4) is 0 Å². The van der Waals surface area contributed by atoms with Crippen LogP contribution in [0.15, 0.2) is 34.1 Å². The SMILES string of the molecule is COc1cccc2nc(NC(=O)c3ccc(Br)s3)sc12. The van der Waals surface area contributed by atoms with Crippen LogP contribution >= 0.6 is 38.6 Å². The van der Waals surface area contributed by atoms with E-state index in [-0.39, 0.29) is 5.91 Å². The molecule has 0 aliphatic rings. The third-order valence-electron chi connectivity index (χ3n) is 2.62. The maximum Gasteiger partial charge on any atom is 0.267 e. The first-order valence-corrected chi connectivity index (χ1v) is 8.10. The van der Waals surface area contributed by atoms with E-state index in [9.17, 15) is 4.79 Å². The number of halogens is 1. The van der Waals surface area contributed by atoms with Gasteiger partial charge in [-0.15, -0.1) is 11.3 Å². The quantitative estimate of drug-likeness (QED) is 0.745. The number of amides is 1. The number of fused-ring (bicyclic) bond motifs is 1. The number of ether oxygens (including phenoxy) is 1. The average molecular weight is 369 g/mol. The first-order chi connectivity index (χ1) is 9.67. The van der Waals surface area contributed by atoms with Gasteiger partial charge in [0.05, 0.1) is 26.0 Å². The Morgan fingerprint density at radius 2 is 2.15 bits per heavy atom. The zero-order valence-electron chi connectivity index (χ0n) is 10.3. The van der Waals surface area contributed by atoms with Crippen molar-refractivity contribution in [2.75, 3.05) is 12.4 Å². The molecule has 1 N–H and O–H groups in total. The van der Waals surface area contributed by atoms with Crippen molar-refractivity contribution in [2.45, 2.75) is 0 Å². The molecule has 3 rings (SSSR count). The monoisotopic (exact) mass is 368 g/mol. The summed E-state index contributed by atoms with van der Waals surface area (Å²) in [5.41, 5.74) is 0.817. The molecule has 4 nitrogen and oxygen atoms in total. The molecule has 0 fully saturated rings. The van der Waals surface area contributed by atoms with Crippen LogP contribution in [0.25, 0.3) is 10.2 Å². The number of hydrogen-bond donors (Lipinski definition) is 1. The van der Waals surface area contributed by atoms with E-state index in [0.717, 1.165) is 19.8 Å². The van der Waals surface area contributed by atoms with E-state index in [1.165, 1.54) is 22.7 Å². The minimum Gasteiger partial charge on any atom is -0.495 e. The van der Waals surface area contributed by atoms with Crippen LogP contribution in [0.4, 0.5) is 5.13 Å². The van der Waals surface area contributed by atoms with E-state index in [4.69, 9.17) is 4.74 Å². The molecule has 1 aromatic carbocycles. The van der Waals surface area contributed by atoms with Crippen molar-refractivity contribution in [3.05, 3.63) is 39.0 Å². The topological polar surface area (TPSA) is 51.2 Å². The minimum atomic E-state index is -0.154. The highest BCUT2D eigenvalue weighted by molar-refractivity contribution is 9.11. The molecule has 0 spiro atoms. The molecule has 1 amide bonds. The molecule has 0 aliphatic heterocycles. The first kappa shape index (κ1) is 13.5. The average Bonchev–Trinajstić information content (AvgIpc) is 3.03. The summed E-state index contributed by atoms with van der Waals surface area (Å²) in [6, 6.07) is 9.27. The zero-order chi connectivity index (χ0) is 14.1. The van der Waals surface area contributed by atoms with E-state index in [1.807, 2.05) is 24.3 Å². The summed E-state index contributed by atoms with van der Waals surface area (Å²) < 4.78 is 7.14. The van der Waals surface area contributed by atoms with Crippen LogP contribution in [0.2, 0.25) is 0 Å². The van der Waals surface area contributed by atoms with E-state index in [1.54, 1.807) is 13.2 Å². The number of thiophene rings is 1. The lowest BCUT2D eigenvalue weighted by Gasteiger charge is -1.98. The summed E-state index contributed by atoms with van der Waals surface area (Å²) >= 11 is 6.13. The molecule has 7 heteroatoms. The fourth-order valence-corrected chi connectivity index (χ4v) is 3.97. The molecule has 2 aromatic heterocycles. The predicted molar refractivity (Wildman–Crippen MR) is 86.1 cm³/mol. The Morgan fingerprint density at radius 3 is 2.85 bits per heavy atom. The number of rotatable bonds is 3. The molecule has 0 radical (unpaired) electrons. The summed E-state index contributed by atoms with van der Waals surface area (Å²) in [7, 11) is 1.62. The van der Waals surface area contributed by atoms with Crippen LogP contribution < -0.4 is 10.1 Å². The van der Waals surface area contributed by atoms with Crippen LogP contribution in [-0.2, 0) is 0 Å². The molecule has 102 valence electrons. The predicted octanol–water partition coefficient (Wildman–Crippen LogP) is 4.38. The van der Waals surface area contributed by atoms with Gasteiger partial charge in [0.15, 0.2) is 5.13 Å². The molecule has 0 saturated carbocycles. The standard InChI is InChI=1S/C13H9BrN2O2S2/c1-18-8-4-2-3-7-11(8)20-13(15-7)16-12(17)9-5-6-10(14)19-9/h2-6H,1H3,(H,15,16,17). The second-order valence-corrected chi connectivity index (χ2v) is 7.35. The van der Waals surface area contributed by atoms with Crippen molar-refractivity contribution < 1.29 is 9.53 Å². The smallest absolute Gasteiger partial charge is 0.267 e. The second-order valence-electron chi connectivity index (χ2n) is 3.89. The number of anilines is 1. The van der Waals surface area contributed by atoms with Gasteiger partial charge in [0, 0.05) is 0 Å². The summed E-state index contributed by atoms with van der Waals surface area (Å²) in [5.74, 6) is 0.609. The Balaban J connectivity index is 1.89. The molecule has 0 unspecified atom stereocenters. The van der Waals surface area contributed by atoms with Crippen molar-refractivity contribution in [2.24, 2.45) is 0 Å². The molecule has 0 aliphatic carbocycles. The second kappa shape index (κ2) is 5.51. The molecular weight excluding hydrogens is 360 g/mol. The summed E-state index contributed by atoms with van der Waals surface area (Å²) in [6.07, 6.45) is 0. The van der Waals surface area contributed by atoms with Gasteiger partial charge in [-0.1, -0.05) is 17.4 Å². The lowest BCUT2D eigenvalue weighted by molar-refractivity contribution is 0.103. The largest absolute Gasteiger partial charge is 0.495 e. The summed E-state index contributed by atoms with van der Waals surface area (Å²) in [6.45, 7) is 0. The van der Waals surface area contributed by atoms with Crippen molar-refractivity contribution in [3.63, 3.8) is 0 Å². The maximum atomic E-state index is 12.1. The van der Waals surface area contributed by atoms with Crippen molar-refractivity contribution in [3.8, 4) is 5.75 Å². The number of nitrogens with zero attached hydrogens (tertiary/aromatic N) is 1. The lowest BCUT2D eigenvalue weighted by Crippen LogP contribution is -2.09. The van der Waals surface area contributed by atoms with Crippen LogP contribution in [0.5, 0.6) is 5.75 Å². The third-order valence-corrected chi connectivity index (χ3v) is 5.24. The Hall–Kier alpha value is -1.44. The van der Waals surface area contributed by atoms with E-state index in [2.05, 4.69) is 26.2 Å². The van der Waals surface area contributed by atoms with Gasteiger partial charge in [-0.05, 0) is 40.2 Å². The molecular formula is C13H9BrN2O2S2. The van der Waals surface area contributed by atoms with E-state index in [0.29, 0.717) is 10.0 Å². The Kier molecular flexibility index (Phi) is 3.73. The zero-order valence-corrected chi connectivity index (χ0v) is 13.6. The minimum absolute atomic E-state index is 0.154. The number of nitrogens with one attached hydrogen (secondary N) is 1. The van der Waals surface area contributed by atoms with E-state index >= 15 is 0 Å². The van der Waals surface area contributed by atoms with Gasteiger partial charge in [0.2, 0.25) is 0 Å². The van der Waals surface area contributed by atoms with Crippen molar-refractivity contribution in [1.82, 2.24) is 4.98 Å². The van der Waals surface area contributed by atoms with Gasteiger partial charge in [0.1, 0.15) is 5.75 Å². The van der Waals surface area contributed by atoms with Gasteiger partial charge in [-0.2, -0.15) is 0 Å². The highest BCUT2D eigenvalue weighted by Crippen LogP contribution is 2.33. The summed E-state index contributed by atoms with van der Waals surface area (Å²) in [5, 5.41) is 3.38. The molecule has 0 saturated heterocycles. The molecule has 3 aromatic rings. The number of carbonyl (C=O) groups is 1. The molecule has 20 heavy (non-hydrogen) atoms. The summed E-state index contributed by atoms with van der Waals surface area (Å²) in [4.78, 5) is 17.1. The van der Waals surface area contributed by atoms with Crippen LogP contribution in [-0.4, -0.2) is 18.0 Å². The third kappa shape index (κ3) is 2.56. The van der Waals surface area contributed by atoms with Gasteiger partial charge < -0.3 is 4.74 Å². The lowest BCUT2D eigenvalue weighted by atomic mass is 10.3. The van der Waals surface area contributed by atoms with E-state index < -0.39 is 0 Å². The first-order valence-electron chi connectivity index (χ1n) is 5.67. The van der Waals surface area contributed by atoms with Crippen LogP contribution in [0, 0.1) is 0 Å². The highest BCUT2D eigenvalue weighted by atomic mass is 79.9. The molecule has 2 heterocycles. The Morgan fingerprint density at radius 1 is 1.30 bits per heavy atom. The molecule has 0 bridgehead atoms. The maximum absolute atomic E-state index is 12.1. The fourth-order valence-electron chi connectivity index (χ4n) is 1.73. The Bertz CT molecular complexity index is 782. The normalized spacial score (nSPS) is 10.7. The van der Waals surface area contributed by atoms with Gasteiger partial charge in [0.25, 0.3) is 5.91 Å². The molecule has 0 atom stereocenters. The van der Waals surface area contributed by atoms with Crippen molar-refractivity contribution >= 4 is 59.9 Å². The van der Waals surface area contributed by atoms with Gasteiger partial charge >= 0.3 is 0 Å². The van der Waals surface area contributed by atoms with Gasteiger partial charge in [-0.3, -0.25) is 10.1 Å². The number of methoxy groups -OCH3 is 1.